The topological polar surface area (TPSA) is 58.3 Å². The highest BCUT2D eigenvalue weighted by Crippen LogP contribution is 2.35. The number of aliphatic hydroxyl groups excluding tert-OH is 1. The Morgan fingerprint density at radius 2 is 1.83 bits per heavy atom. The molecule has 2 aromatic carbocycles. The number of aliphatic hydroxyl groups is 1. The first kappa shape index (κ1) is 15.6. The van der Waals surface area contributed by atoms with E-state index >= 15 is 0 Å². The minimum atomic E-state index is 0.0538. The number of nitrogens with zero attached hydrogens (tertiary/aromatic N) is 2. The molecule has 3 rings (SSSR count). The van der Waals surface area contributed by atoms with Crippen LogP contribution in [0, 0.1) is 0 Å². The van der Waals surface area contributed by atoms with E-state index in [0.717, 1.165) is 22.5 Å². The molecular formula is C18H17ClN2O2. The minimum absolute atomic E-state index is 0.0538. The average molecular weight is 329 g/mol. The fraction of sp³-hybridized carbons (Fsp3) is 0.167. The van der Waals surface area contributed by atoms with Crippen molar-refractivity contribution >= 4 is 11.6 Å². The van der Waals surface area contributed by atoms with Crippen molar-refractivity contribution in [3.63, 3.8) is 0 Å². The lowest BCUT2D eigenvalue weighted by Gasteiger charge is -2.11. The zero-order chi connectivity index (χ0) is 16.2. The molecule has 1 aromatic heterocycles. The van der Waals surface area contributed by atoms with E-state index in [1.165, 1.54) is 0 Å². The van der Waals surface area contributed by atoms with Crippen LogP contribution in [0.2, 0.25) is 5.02 Å². The highest BCUT2D eigenvalue weighted by atomic mass is 35.5. The maximum Gasteiger partial charge on any atom is 0.134 e. The van der Waals surface area contributed by atoms with Gasteiger partial charge in [0.05, 0.1) is 22.7 Å². The molecule has 0 bridgehead atoms. The van der Waals surface area contributed by atoms with Gasteiger partial charge in [0.1, 0.15) is 5.75 Å². The summed E-state index contributed by atoms with van der Waals surface area (Å²) in [6.45, 7) is 0.777. The van der Waals surface area contributed by atoms with E-state index in [4.69, 9.17) is 16.7 Å². The molecule has 0 aliphatic rings. The van der Waals surface area contributed by atoms with E-state index < -0.39 is 0 Å². The van der Waals surface area contributed by atoms with Gasteiger partial charge in [-0.15, -0.1) is 0 Å². The monoisotopic (exact) mass is 328 g/mol. The molecule has 0 atom stereocenters. The molecule has 0 amide bonds. The van der Waals surface area contributed by atoms with Crippen LogP contribution in [0.15, 0.2) is 54.9 Å². The van der Waals surface area contributed by atoms with Gasteiger partial charge in [0.25, 0.3) is 0 Å². The molecule has 118 valence electrons. The Hall–Kier alpha value is -2.30. The first-order valence-corrected chi connectivity index (χ1v) is 7.79. The number of hydrogen-bond donors (Lipinski definition) is 2. The number of aromatic nitrogens is 2. The molecule has 3 aromatic rings. The zero-order valence-electron chi connectivity index (χ0n) is 12.5. The van der Waals surface area contributed by atoms with E-state index in [-0.39, 0.29) is 12.4 Å². The Morgan fingerprint density at radius 1 is 1.04 bits per heavy atom. The molecule has 4 nitrogen and oxygen atoms in total. The van der Waals surface area contributed by atoms with Gasteiger partial charge in [0, 0.05) is 24.3 Å². The van der Waals surface area contributed by atoms with Crippen molar-refractivity contribution in [1.29, 1.82) is 0 Å². The van der Waals surface area contributed by atoms with Gasteiger partial charge in [0.2, 0.25) is 0 Å². The van der Waals surface area contributed by atoms with Crippen molar-refractivity contribution in [3.05, 3.63) is 59.9 Å². The largest absolute Gasteiger partial charge is 0.506 e. The summed E-state index contributed by atoms with van der Waals surface area (Å²) in [4.78, 5) is 4.54. The first-order chi connectivity index (χ1) is 11.2. The average Bonchev–Trinajstić information content (AvgIpc) is 3.00. The summed E-state index contributed by atoms with van der Waals surface area (Å²) >= 11 is 6.07. The highest BCUT2D eigenvalue weighted by molar-refractivity contribution is 6.32. The quantitative estimate of drug-likeness (QED) is 0.745. The van der Waals surface area contributed by atoms with Gasteiger partial charge in [-0.05, 0) is 24.6 Å². The molecule has 23 heavy (non-hydrogen) atoms. The van der Waals surface area contributed by atoms with Crippen LogP contribution in [0.25, 0.3) is 22.5 Å². The fourth-order valence-corrected chi connectivity index (χ4v) is 2.74. The summed E-state index contributed by atoms with van der Waals surface area (Å²) < 4.78 is 2.00. The van der Waals surface area contributed by atoms with Crippen LogP contribution in [0.5, 0.6) is 5.75 Å². The molecule has 5 heteroatoms. The molecule has 2 N–H and O–H groups in total. The lowest BCUT2D eigenvalue weighted by atomic mass is 10.0. The van der Waals surface area contributed by atoms with E-state index in [9.17, 15) is 5.11 Å². The van der Waals surface area contributed by atoms with Crippen molar-refractivity contribution in [2.24, 2.45) is 0 Å². The molecule has 1 heterocycles. The third-order valence-electron chi connectivity index (χ3n) is 3.66. The lowest BCUT2D eigenvalue weighted by Crippen LogP contribution is -2.01. The number of halogens is 1. The van der Waals surface area contributed by atoms with Gasteiger partial charge in [-0.1, -0.05) is 41.9 Å². The number of benzene rings is 2. The second kappa shape index (κ2) is 6.86. The van der Waals surface area contributed by atoms with Gasteiger partial charge >= 0.3 is 0 Å². The molecule has 0 aliphatic heterocycles. The molecule has 0 aliphatic carbocycles. The summed E-state index contributed by atoms with van der Waals surface area (Å²) in [5, 5.41) is 19.1. The summed E-state index contributed by atoms with van der Waals surface area (Å²) in [7, 11) is 0. The SMILES string of the molecule is OCCCn1cnc(-c2ccccc2)c1-c1ccc(O)c(Cl)c1. The number of aryl methyl sites for hydroxylation is 1. The zero-order valence-corrected chi connectivity index (χ0v) is 13.2. The predicted molar refractivity (Wildman–Crippen MR) is 91.5 cm³/mol. The Kier molecular flexibility index (Phi) is 4.65. The van der Waals surface area contributed by atoms with Crippen molar-refractivity contribution in [2.75, 3.05) is 6.61 Å². The smallest absolute Gasteiger partial charge is 0.134 e. The van der Waals surface area contributed by atoms with E-state index in [1.807, 2.05) is 41.0 Å². The summed E-state index contributed by atoms with van der Waals surface area (Å²) in [5.41, 5.74) is 3.66. The first-order valence-electron chi connectivity index (χ1n) is 7.41. The Bertz CT molecular complexity index is 800. The number of imidazole rings is 1. The van der Waals surface area contributed by atoms with Crippen LogP contribution in [0.4, 0.5) is 0 Å². The van der Waals surface area contributed by atoms with E-state index in [2.05, 4.69) is 4.98 Å². The number of phenols is 1. The van der Waals surface area contributed by atoms with Crippen LogP contribution < -0.4 is 0 Å². The number of aromatic hydroxyl groups is 1. The van der Waals surface area contributed by atoms with Crippen molar-refractivity contribution in [2.45, 2.75) is 13.0 Å². The molecule has 0 unspecified atom stereocenters. The van der Waals surface area contributed by atoms with Crippen LogP contribution in [0.3, 0.4) is 0 Å². The second-order valence-electron chi connectivity index (χ2n) is 5.24. The third kappa shape index (κ3) is 3.23. The lowest BCUT2D eigenvalue weighted by molar-refractivity contribution is 0.280. The van der Waals surface area contributed by atoms with Crippen molar-refractivity contribution in [3.8, 4) is 28.3 Å². The second-order valence-corrected chi connectivity index (χ2v) is 5.65. The van der Waals surface area contributed by atoms with Crippen LogP contribution in [0.1, 0.15) is 6.42 Å². The molecule has 0 spiro atoms. The van der Waals surface area contributed by atoms with E-state index in [0.29, 0.717) is 18.0 Å². The van der Waals surface area contributed by atoms with Gasteiger partial charge in [0.15, 0.2) is 0 Å². The minimum Gasteiger partial charge on any atom is -0.506 e. The summed E-state index contributed by atoms with van der Waals surface area (Å²) in [6.07, 6.45) is 2.41. The normalized spacial score (nSPS) is 10.9. The number of rotatable bonds is 5. The van der Waals surface area contributed by atoms with Gasteiger partial charge < -0.3 is 14.8 Å². The van der Waals surface area contributed by atoms with Crippen LogP contribution in [-0.4, -0.2) is 26.4 Å². The van der Waals surface area contributed by atoms with E-state index in [1.54, 1.807) is 18.5 Å². The maximum atomic E-state index is 9.65. The number of phenolic OH excluding ortho intramolecular Hbond substituents is 1. The molecule has 0 fully saturated rings. The fourth-order valence-electron chi connectivity index (χ4n) is 2.56. The molecule has 0 saturated carbocycles. The summed E-state index contributed by atoms with van der Waals surface area (Å²) in [5.74, 6) is 0.0538. The molecule has 0 saturated heterocycles. The Balaban J connectivity index is 2.14. The van der Waals surface area contributed by atoms with Crippen LogP contribution >= 0.6 is 11.6 Å². The Morgan fingerprint density at radius 3 is 2.52 bits per heavy atom. The van der Waals surface area contributed by atoms with Crippen molar-refractivity contribution < 1.29 is 10.2 Å². The van der Waals surface area contributed by atoms with Crippen LogP contribution in [-0.2, 0) is 6.54 Å². The summed E-state index contributed by atoms with van der Waals surface area (Å²) in [6, 6.07) is 15.0. The maximum absolute atomic E-state index is 9.65. The highest BCUT2D eigenvalue weighted by Gasteiger charge is 2.15. The van der Waals surface area contributed by atoms with Gasteiger partial charge in [-0.2, -0.15) is 0 Å². The standard InChI is InChI=1S/C18H17ClN2O2/c19-15-11-14(7-8-16(15)23)18-17(13-5-2-1-3-6-13)20-12-21(18)9-4-10-22/h1-3,5-8,11-12,22-23H,4,9-10H2. The third-order valence-corrected chi connectivity index (χ3v) is 3.97. The molecular weight excluding hydrogens is 312 g/mol. The Labute approximate surface area is 139 Å². The molecule has 0 radical (unpaired) electrons. The number of hydrogen-bond acceptors (Lipinski definition) is 3. The van der Waals surface area contributed by atoms with Gasteiger partial charge in [-0.25, -0.2) is 4.98 Å². The van der Waals surface area contributed by atoms with Gasteiger partial charge in [-0.3, -0.25) is 0 Å². The predicted octanol–water partition coefficient (Wildman–Crippen LogP) is 3.96. The van der Waals surface area contributed by atoms with Crippen molar-refractivity contribution in [1.82, 2.24) is 9.55 Å².